The number of aldehydes is 1. The second kappa shape index (κ2) is 4.67. The van der Waals surface area contributed by atoms with E-state index in [2.05, 4.69) is 5.10 Å². The zero-order valence-electron chi connectivity index (χ0n) is 9.15. The molecule has 0 radical (unpaired) electrons. The number of rotatable bonds is 3. The van der Waals surface area contributed by atoms with Gasteiger partial charge in [-0.25, -0.2) is 4.39 Å². The van der Waals surface area contributed by atoms with Crippen LogP contribution in [0.3, 0.4) is 0 Å². The summed E-state index contributed by atoms with van der Waals surface area (Å²) >= 11 is 5.60. The molecule has 0 spiro atoms. The van der Waals surface area contributed by atoms with E-state index < -0.39 is 5.82 Å². The molecular formula is C12H10ClFN2O. The maximum absolute atomic E-state index is 13.3. The molecule has 3 nitrogen and oxygen atoms in total. The zero-order chi connectivity index (χ0) is 12.4. The molecule has 0 unspecified atom stereocenters. The Morgan fingerprint density at radius 2 is 2.29 bits per heavy atom. The van der Waals surface area contributed by atoms with Crippen molar-refractivity contribution in [3.63, 3.8) is 0 Å². The molecule has 1 aromatic carbocycles. The van der Waals surface area contributed by atoms with Crippen LogP contribution < -0.4 is 0 Å². The first-order chi connectivity index (χ1) is 8.15. The first kappa shape index (κ1) is 11.8. The van der Waals surface area contributed by atoms with Gasteiger partial charge >= 0.3 is 0 Å². The molecule has 0 amide bonds. The van der Waals surface area contributed by atoms with E-state index in [0.29, 0.717) is 29.7 Å². The van der Waals surface area contributed by atoms with Crippen LogP contribution in [0.4, 0.5) is 4.39 Å². The highest BCUT2D eigenvalue weighted by Gasteiger charge is 2.11. The molecule has 1 heterocycles. The van der Waals surface area contributed by atoms with Crippen LogP contribution >= 0.6 is 11.6 Å². The average molecular weight is 253 g/mol. The van der Waals surface area contributed by atoms with Gasteiger partial charge in [0.2, 0.25) is 0 Å². The van der Waals surface area contributed by atoms with Gasteiger partial charge in [-0.05, 0) is 19.1 Å². The van der Waals surface area contributed by atoms with Crippen LogP contribution in [0.15, 0.2) is 24.4 Å². The summed E-state index contributed by atoms with van der Waals surface area (Å²) in [4.78, 5) is 10.9. The van der Waals surface area contributed by atoms with Crippen LogP contribution in [-0.2, 0) is 6.54 Å². The number of aromatic nitrogens is 2. The summed E-state index contributed by atoms with van der Waals surface area (Å²) in [6.45, 7) is 2.56. The number of nitrogens with zero attached hydrogens (tertiary/aromatic N) is 2. The molecule has 0 aliphatic rings. The van der Waals surface area contributed by atoms with E-state index >= 15 is 0 Å². The molecule has 0 aliphatic heterocycles. The van der Waals surface area contributed by atoms with E-state index in [4.69, 9.17) is 11.6 Å². The lowest BCUT2D eigenvalue weighted by molar-refractivity contribution is 0.112. The van der Waals surface area contributed by atoms with Crippen LogP contribution in [0, 0.1) is 5.82 Å². The highest BCUT2D eigenvalue weighted by atomic mass is 35.5. The Morgan fingerprint density at radius 1 is 1.53 bits per heavy atom. The minimum Gasteiger partial charge on any atom is -0.298 e. The maximum Gasteiger partial charge on any atom is 0.153 e. The van der Waals surface area contributed by atoms with Crippen LogP contribution in [0.5, 0.6) is 0 Å². The first-order valence-electron chi connectivity index (χ1n) is 5.13. The highest BCUT2D eigenvalue weighted by Crippen LogP contribution is 2.25. The molecule has 1 aromatic heterocycles. The van der Waals surface area contributed by atoms with Gasteiger partial charge < -0.3 is 0 Å². The monoisotopic (exact) mass is 252 g/mol. The predicted molar refractivity (Wildman–Crippen MR) is 63.7 cm³/mol. The summed E-state index contributed by atoms with van der Waals surface area (Å²) in [6, 6.07) is 4.37. The molecule has 0 saturated carbocycles. The second-order valence-electron chi connectivity index (χ2n) is 3.54. The van der Waals surface area contributed by atoms with Crippen molar-refractivity contribution in [2.75, 3.05) is 0 Å². The normalized spacial score (nSPS) is 10.5. The van der Waals surface area contributed by atoms with Crippen molar-refractivity contribution in [3.8, 4) is 11.3 Å². The molecular weight excluding hydrogens is 243 g/mol. The summed E-state index contributed by atoms with van der Waals surface area (Å²) in [6.07, 6.45) is 2.34. The third-order valence-electron chi connectivity index (χ3n) is 2.43. The van der Waals surface area contributed by atoms with E-state index in [1.54, 1.807) is 16.9 Å². The van der Waals surface area contributed by atoms with Gasteiger partial charge in [0.05, 0.1) is 10.6 Å². The van der Waals surface area contributed by atoms with Gasteiger partial charge in [-0.1, -0.05) is 17.7 Å². The number of aryl methyl sites for hydroxylation is 1. The number of hydrogen-bond donors (Lipinski definition) is 0. The molecule has 2 aromatic rings. The largest absolute Gasteiger partial charge is 0.298 e. The Bertz CT molecular complexity index is 566. The van der Waals surface area contributed by atoms with Crippen LogP contribution in [0.25, 0.3) is 11.3 Å². The van der Waals surface area contributed by atoms with Crippen molar-refractivity contribution in [2.45, 2.75) is 13.5 Å². The fourth-order valence-corrected chi connectivity index (χ4v) is 1.67. The van der Waals surface area contributed by atoms with Crippen molar-refractivity contribution in [1.29, 1.82) is 0 Å². The van der Waals surface area contributed by atoms with Gasteiger partial charge in [0.25, 0.3) is 0 Å². The Morgan fingerprint density at radius 3 is 2.88 bits per heavy atom. The lowest BCUT2D eigenvalue weighted by Crippen LogP contribution is -1.94. The summed E-state index contributed by atoms with van der Waals surface area (Å²) in [7, 11) is 0. The predicted octanol–water partition coefficient (Wildman–Crippen LogP) is 3.18. The van der Waals surface area contributed by atoms with Crippen LogP contribution in [-0.4, -0.2) is 16.1 Å². The van der Waals surface area contributed by atoms with E-state index in [0.717, 1.165) is 0 Å². The topological polar surface area (TPSA) is 34.9 Å². The Balaban J connectivity index is 2.54. The molecule has 5 heteroatoms. The summed E-state index contributed by atoms with van der Waals surface area (Å²) in [5.74, 6) is -0.521. The van der Waals surface area contributed by atoms with Crippen molar-refractivity contribution >= 4 is 17.9 Å². The van der Waals surface area contributed by atoms with Gasteiger partial charge in [0, 0.05) is 18.3 Å². The average Bonchev–Trinajstić information content (AvgIpc) is 2.76. The van der Waals surface area contributed by atoms with E-state index in [-0.39, 0.29) is 5.02 Å². The molecule has 0 bridgehead atoms. The first-order valence-corrected chi connectivity index (χ1v) is 5.51. The smallest absolute Gasteiger partial charge is 0.153 e. The summed E-state index contributed by atoms with van der Waals surface area (Å²) in [5, 5.41) is 4.27. The Labute approximate surface area is 103 Å². The van der Waals surface area contributed by atoms with Crippen LogP contribution in [0.2, 0.25) is 5.02 Å². The number of carbonyl (C=O) groups excluding carboxylic acids is 1. The molecule has 0 saturated heterocycles. The lowest BCUT2D eigenvalue weighted by atomic mass is 10.1. The SMILES string of the molecule is CCn1cc(C=O)c(-c2ccc(Cl)c(F)c2)n1. The molecule has 0 N–H and O–H groups in total. The number of halogens is 2. The van der Waals surface area contributed by atoms with Crippen molar-refractivity contribution in [1.82, 2.24) is 9.78 Å². The van der Waals surface area contributed by atoms with Crippen molar-refractivity contribution in [2.24, 2.45) is 0 Å². The Hall–Kier alpha value is -1.68. The quantitative estimate of drug-likeness (QED) is 0.787. The number of hydrogen-bond acceptors (Lipinski definition) is 2. The van der Waals surface area contributed by atoms with Gasteiger partial charge in [0.1, 0.15) is 11.5 Å². The van der Waals surface area contributed by atoms with Crippen molar-refractivity contribution in [3.05, 3.63) is 40.8 Å². The van der Waals surface area contributed by atoms with Gasteiger partial charge in [-0.3, -0.25) is 9.48 Å². The van der Waals surface area contributed by atoms with Gasteiger partial charge in [0.15, 0.2) is 6.29 Å². The van der Waals surface area contributed by atoms with Crippen LogP contribution in [0.1, 0.15) is 17.3 Å². The lowest BCUT2D eigenvalue weighted by Gasteiger charge is -2.00. The minimum absolute atomic E-state index is 0.0522. The van der Waals surface area contributed by atoms with Gasteiger partial charge in [-0.15, -0.1) is 0 Å². The number of benzene rings is 1. The van der Waals surface area contributed by atoms with E-state index in [1.807, 2.05) is 6.92 Å². The molecule has 0 aliphatic carbocycles. The summed E-state index contributed by atoms with van der Waals surface area (Å²) < 4.78 is 15.0. The third kappa shape index (κ3) is 2.22. The molecule has 88 valence electrons. The maximum atomic E-state index is 13.3. The second-order valence-corrected chi connectivity index (χ2v) is 3.94. The molecule has 0 atom stereocenters. The third-order valence-corrected chi connectivity index (χ3v) is 2.74. The standard InChI is InChI=1S/C12H10ClFN2O/c1-2-16-6-9(7-17)12(15-16)8-3-4-10(13)11(14)5-8/h3-7H,2H2,1H3. The Kier molecular flexibility index (Phi) is 3.24. The summed E-state index contributed by atoms with van der Waals surface area (Å²) in [5.41, 5.74) is 1.45. The van der Waals surface area contributed by atoms with Crippen molar-refractivity contribution < 1.29 is 9.18 Å². The fourth-order valence-electron chi connectivity index (χ4n) is 1.55. The van der Waals surface area contributed by atoms with Gasteiger partial charge in [-0.2, -0.15) is 5.10 Å². The number of carbonyl (C=O) groups is 1. The van der Waals surface area contributed by atoms with E-state index in [1.165, 1.54) is 12.1 Å². The molecule has 0 fully saturated rings. The molecule has 17 heavy (non-hydrogen) atoms. The molecule has 2 rings (SSSR count). The highest BCUT2D eigenvalue weighted by molar-refractivity contribution is 6.30. The zero-order valence-corrected chi connectivity index (χ0v) is 9.91. The fraction of sp³-hybridized carbons (Fsp3) is 0.167. The minimum atomic E-state index is -0.521. The van der Waals surface area contributed by atoms with E-state index in [9.17, 15) is 9.18 Å².